The zero-order chi connectivity index (χ0) is 19.7. The summed E-state index contributed by atoms with van der Waals surface area (Å²) in [6, 6.07) is -0.495. The van der Waals surface area contributed by atoms with E-state index in [1.54, 1.807) is 0 Å². The minimum absolute atomic E-state index is 0.209. The Labute approximate surface area is 168 Å². The topological polar surface area (TPSA) is 93.4 Å². The van der Waals surface area contributed by atoms with Gasteiger partial charge in [-0.15, -0.1) is 0 Å². The van der Waals surface area contributed by atoms with Crippen molar-refractivity contribution < 1.29 is 25.2 Å². The van der Waals surface area contributed by atoms with Crippen molar-refractivity contribution in [1.29, 1.82) is 0 Å². The van der Waals surface area contributed by atoms with Crippen LogP contribution in [-0.2, 0) is 4.74 Å². The van der Waals surface area contributed by atoms with Gasteiger partial charge in [-0.05, 0) is 87.5 Å². The zero-order valence-corrected chi connectivity index (χ0v) is 17.1. The summed E-state index contributed by atoms with van der Waals surface area (Å²) in [6.07, 6.45) is 8.38. The van der Waals surface area contributed by atoms with Crippen LogP contribution < -0.4 is 0 Å². The third-order valence-electron chi connectivity index (χ3n) is 8.02. The number of β-amino-alcohol motifs (C(OH)–C–C–N with tert-alkyl or cyclic N) is 1. The fraction of sp³-hybridized carbons (Fsp3) is 1.00. The van der Waals surface area contributed by atoms with Gasteiger partial charge in [-0.25, -0.2) is 0 Å². The van der Waals surface area contributed by atoms with E-state index >= 15 is 0 Å². The van der Waals surface area contributed by atoms with Crippen molar-refractivity contribution in [2.24, 2.45) is 23.2 Å². The van der Waals surface area contributed by atoms with E-state index in [-0.39, 0.29) is 6.61 Å². The lowest BCUT2D eigenvalue weighted by Gasteiger charge is -2.56. The lowest BCUT2D eigenvalue weighted by molar-refractivity contribution is -0.145. The van der Waals surface area contributed by atoms with Gasteiger partial charge in [-0.1, -0.05) is 0 Å². The highest BCUT2D eigenvalue weighted by Crippen LogP contribution is 2.60. The number of ether oxygens (including phenoxy) is 1. The molecule has 0 aromatic heterocycles. The quantitative estimate of drug-likeness (QED) is 0.436. The molecule has 1 heterocycles. The number of nitrogens with zero attached hydrogens (tertiary/aromatic N) is 1. The van der Waals surface area contributed by atoms with Crippen LogP contribution in [0.3, 0.4) is 0 Å². The minimum atomic E-state index is -1.17. The summed E-state index contributed by atoms with van der Waals surface area (Å²) >= 11 is 0. The van der Waals surface area contributed by atoms with E-state index in [9.17, 15) is 20.4 Å². The molecule has 4 bridgehead atoms. The van der Waals surface area contributed by atoms with Crippen LogP contribution in [0.1, 0.15) is 57.8 Å². The number of likely N-dealkylation sites (tertiary alicyclic amines) is 1. The highest BCUT2D eigenvalue weighted by molar-refractivity contribution is 5.01. The first-order chi connectivity index (χ1) is 13.5. The molecule has 5 fully saturated rings. The smallest absolute Gasteiger partial charge is 0.109 e. The van der Waals surface area contributed by atoms with Crippen molar-refractivity contribution in [3.63, 3.8) is 0 Å². The molecule has 5 rings (SSSR count). The molecule has 0 spiro atoms. The first kappa shape index (κ1) is 21.0. The first-order valence-corrected chi connectivity index (χ1v) is 11.5. The Morgan fingerprint density at radius 2 is 1.50 bits per heavy atom. The minimum Gasteiger partial charge on any atom is -0.395 e. The van der Waals surface area contributed by atoms with Gasteiger partial charge < -0.3 is 25.2 Å². The van der Waals surface area contributed by atoms with E-state index in [4.69, 9.17) is 4.74 Å². The molecular weight excluding hydrogens is 358 g/mol. The second kappa shape index (κ2) is 8.86. The number of rotatable bonds is 9. The fourth-order valence-corrected chi connectivity index (χ4v) is 7.09. The summed E-state index contributed by atoms with van der Waals surface area (Å²) in [5.74, 6) is 2.93. The lowest BCUT2D eigenvalue weighted by atomic mass is 9.50. The normalized spacial score (nSPS) is 45.6. The van der Waals surface area contributed by atoms with Gasteiger partial charge in [0.1, 0.15) is 12.2 Å². The van der Waals surface area contributed by atoms with Crippen LogP contribution in [0, 0.1) is 23.2 Å². The lowest BCUT2D eigenvalue weighted by Crippen LogP contribution is -2.62. The van der Waals surface area contributed by atoms with Gasteiger partial charge in [0.05, 0.1) is 25.4 Å². The van der Waals surface area contributed by atoms with Gasteiger partial charge in [0.25, 0.3) is 0 Å². The molecule has 162 valence electrons. The highest BCUT2D eigenvalue weighted by atomic mass is 16.5. The molecule has 6 nitrogen and oxygen atoms in total. The van der Waals surface area contributed by atoms with Crippen LogP contribution in [0.4, 0.5) is 0 Å². The molecule has 4 N–H and O–H groups in total. The number of piperidine rings is 1. The Bertz CT molecular complexity index is 480. The van der Waals surface area contributed by atoms with E-state index in [1.165, 1.54) is 38.5 Å². The summed E-state index contributed by atoms with van der Waals surface area (Å²) in [5, 5.41) is 39.2. The number of aliphatic hydroxyl groups excluding tert-OH is 4. The standard InChI is InChI=1S/C22H39NO5/c24-13-18-20(26)21(27)19(25)12-23(18)4-2-1-3-5-28-14-22-9-15-6-16(10-22)8-17(7-15)11-22/h15-21,24-27H,1-14H2/t15?,16?,17?,18?,19?,20-,21-,22?/m1/s1. The van der Waals surface area contributed by atoms with Crippen LogP contribution in [0.2, 0.25) is 0 Å². The predicted octanol–water partition coefficient (Wildman–Crippen LogP) is 1.15. The Balaban J connectivity index is 1.11. The van der Waals surface area contributed by atoms with Crippen LogP contribution in [-0.4, -0.2) is 82.6 Å². The molecule has 6 heteroatoms. The Morgan fingerprint density at radius 1 is 0.857 bits per heavy atom. The molecule has 0 radical (unpaired) electrons. The molecule has 1 saturated heterocycles. The molecule has 1 aliphatic heterocycles. The molecule has 0 aromatic rings. The number of aliphatic hydroxyl groups is 4. The van der Waals surface area contributed by atoms with Crippen molar-refractivity contribution in [2.75, 3.05) is 32.9 Å². The monoisotopic (exact) mass is 397 g/mol. The molecule has 2 unspecified atom stereocenters. The molecule has 4 saturated carbocycles. The summed E-state index contributed by atoms with van der Waals surface area (Å²) < 4.78 is 6.13. The molecule has 4 atom stereocenters. The SMILES string of the molecule is OCC1[C@@H](O)[C@H](O)C(O)CN1CCCCCOCC12CC3CC(CC(C3)C1)C2. The molecule has 4 aliphatic carbocycles. The number of unbranched alkanes of at least 4 members (excludes halogenated alkanes) is 2. The number of hydrogen-bond donors (Lipinski definition) is 4. The Hall–Kier alpha value is -0.240. The number of hydrogen-bond acceptors (Lipinski definition) is 6. The Morgan fingerprint density at radius 3 is 2.11 bits per heavy atom. The third kappa shape index (κ3) is 4.42. The van der Waals surface area contributed by atoms with Crippen molar-refractivity contribution in [1.82, 2.24) is 4.90 Å². The summed E-state index contributed by atoms with van der Waals surface area (Å²) in [6.45, 7) is 2.56. The predicted molar refractivity (Wildman–Crippen MR) is 106 cm³/mol. The summed E-state index contributed by atoms with van der Waals surface area (Å²) in [7, 11) is 0. The maximum absolute atomic E-state index is 10.0. The van der Waals surface area contributed by atoms with Crippen LogP contribution in [0.25, 0.3) is 0 Å². The van der Waals surface area contributed by atoms with Crippen molar-refractivity contribution in [3.05, 3.63) is 0 Å². The average molecular weight is 398 g/mol. The van der Waals surface area contributed by atoms with Crippen LogP contribution >= 0.6 is 0 Å². The van der Waals surface area contributed by atoms with Gasteiger partial charge in [0.2, 0.25) is 0 Å². The van der Waals surface area contributed by atoms with Gasteiger partial charge in [-0.3, -0.25) is 4.90 Å². The van der Waals surface area contributed by atoms with Gasteiger partial charge >= 0.3 is 0 Å². The van der Waals surface area contributed by atoms with E-state index in [2.05, 4.69) is 0 Å². The van der Waals surface area contributed by atoms with E-state index in [1.807, 2.05) is 4.90 Å². The van der Waals surface area contributed by atoms with Crippen LogP contribution in [0.15, 0.2) is 0 Å². The molecule has 0 aromatic carbocycles. The van der Waals surface area contributed by atoms with Gasteiger partial charge in [0, 0.05) is 13.2 Å². The molecule has 28 heavy (non-hydrogen) atoms. The average Bonchev–Trinajstić information content (AvgIpc) is 2.64. The van der Waals surface area contributed by atoms with Crippen LogP contribution in [0.5, 0.6) is 0 Å². The van der Waals surface area contributed by atoms with E-state index in [0.29, 0.717) is 18.5 Å². The third-order valence-corrected chi connectivity index (χ3v) is 8.02. The van der Waals surface area contributed by atoms with E-state index in [0.717, 1.165) is 50.2 Å². The molecule has 0 amide bonds. The largest absolute Gasteiger partial charge is 0.395 e. The summed E-state index contributed by atoms with van der Waals surface area (Å²) in [5.41, 5.74) is 0.490. The molecular formula is C22H39NO5. The van der Waals surface area contributed by atoms with Crippen molar-refractivity contribution >= 4 is 0 Å². The second-order valence-electron chi connectivity index (χ2n) is 10.3. The van der Waals surface area contributed by atoms with Crippen molar-refractivity contribution in [2.45, 2.75) is 82.1 Å². The Kier molecular flexibility index (Phi) is 6.65. The molecule has 5 aliphatic rings. The van der Waals surface area contributed by atoms with Crippen molar-refractivity contribution in [3.8, 4) is 0 Å². The second-order valence-corrected chi connectivity index (χ2v) is 10.3. The maximum Gasteiger partial charge on any atom is 0.109 e. The maximum atomic E-state index is 10.0. The fourth-order valence-electron chi connectivity index (χ4n) is 7.09. The summed E-state index contributed by atoms with van der Waals surface area (Å²) in [4.78, 5) is 1.90. The van der Waals surface area contributed by atoms with Gasteiger partial charge in [0.15, 0.2) is 0 Å². The van der Waals surface area contributed by atoms with E-state index < -0.39 is 24.4 Å². The van der Waals surface area contributed by atoms with Gasteiger partial charge in [-0.2, -0.15) is 0 Å². The zero-order valence-electron chi connectivity index (χ0n) is 17.1. The highest BCUT2D eigenvalue weighted by Gasteiger charge is 2.50. The first-order valence-electron chi connectivity index (χ1n) is 11.5.